The van der Waals surface area contributed by atoms with Crippen molar-refractivity contribution in [3.63, 3.8) is 0 Å². The van der Waals surface area contributed by atoms with Gasteiger partial charge in [-0.1, -0.05) is 4.49 Å². The van der Waals surface area contributed by atoms with Crippen LogP contribution in [-0.4, -0.2) is 20.7 Å². The minimum atomic E-state index is -1.45. The number of nitrogens with zero attached hydrogens (tertiary/aromatic N) is 2. The zero-order valence-electron chi connectivity index (χ0n) is 8.85. The van der Waals surface area contributed by atoms with E-state index in [1.54, 1.807) is 5.38 Å². The summed E-state index contributed by atoms with van der Waals surface area (Å²) in [6.07, 6.45) is 0. The average molecular weight is 271 g/mol. The van der Waals surface area contributed by atoms with Crippen LogP contribution in [0.25, 0.3) is 0 Å². The molecular formula is C10H7F2N3O2S. The highest BCUT2D eigenvalue weighted by Gasteiger charge is 2.15. The Morgan fingerprint density at radius 1 is 1.39 bits per heavy atom. The Hall–Kier alpha value is -2.09. The Morgan fingerprint density at radius 3 is 2.78 bits per heavy atom. The maximum absolute atomic E-state index is 13.4. The maximum Gasteiger partial charge on any atom is 0.338 e. The molecule has 2 N–H and O–H groups in total. The second-order valence-electron chi connectivity index (χ2n) is 3.37. The fourth-order valence-corrected chi connectivity index (χ4v) is 1.75. The lowest BCUT2D eigenvalue weighted by molar-refractivity contribution is 0.0692. The largest absolute Gasteiger partial charge is 0.478 e. The van der Waals surface area contributed by atoms with Gasteiger partial charge in [-0.15, -0.1) is 5.10 Å². The summed E-state index contributed by atoms with van der Waals surface area (Å²) in [6, 6.07) is 1.44. The average Bonchev–Trinajstić information content (AvgIpc) is 2.80. The van der Waals surface area contributed by atoms with Crippen molar-refractivity contribution in [2.45, 2.75) is 6.54 Å². The zero-order chi connectivity index (χ0) is 13.1. The van der Waals surface area contributed by atoms with E-state index in [4.69, 9.17) is 5.11 Å². The fourth-order valence-electron chi connectivity index (χ4n) is 1.30. The first-order valence-corrected chi connectivity index (χ1v) is 5.63. The van der Waals surface area contributed by atoms with Crippen LogP contribution in [0.1, 0.15) is 16.1 Å². The van der Waals surface area contributed by atoms with Gasteiger partial charge in [0.05, 0.1) is 23.5 Å². The van der Waals surface area contributed by atoms with Crippen molar-refractivity contribution in [2.24, 2.45) is 0 Å². The lowest BCUT2D eigenvalue weighted by Gasteiger charge is -2.07. The van der Waals surface area contributed by atoms with Crippen LogP contribution in [0.2, 0.25) is 0 Å². The van der Waals surface area contributed by atoms with Gasteiger partial charge < -0.3 is 10.4 Å². The zero-order valence-corrected chi connectivity index (χ0v) is 9.67. The number of hydrogen-bond donors (Lipinski definition) is 2. The molecule has 1 heterocycles. The van der Waals surface area contributed by atoms with E-state index in [-0.39, 0.29) is 12.2 Å². The molecule has 94 valence electrons. The summed E-state index contributed by atoms with van der Waals surface area (Å²) in [6.45, 7) is 0.179. The van der Waals surface area contributed by atoms with Gasteiger partial charge in [-0.3, -0.25) is 0 Å². The van der Waals surface area contributed by atoms with E-state index in [2.05, 4.69) is 14.9 Å². The van der Waals surface area contributed by atoms with Crippen molar-refractivity contribution in [1.29, 1.82) is 0 Å². The quantitative estimate of drug-likeness (QED) is 0.891. The molecule has 0 bridgehead atoms. The molecule has 0 saturated carbocycles. The highest BCUT2D eigenvalue weighted by molar-refractivity contribution is 7.03. The van der Waals surface area contributed by atoms with Gasteiger partial charge >= 0.3 is 5.97 Å². The number of nitrogens with one attached hydrogen (secondary N) is 1. The van der Waals surface area contributed by atoms with Crippen molar-refractivity contribution < 1.29 is 18.7 Å². The number of halogens is 2. The van der Waals surface area contributed by atoms with Crippen molar-refractivity contribution in [2.75, 3.05) is 5.32 Å². The van der Waals surface area contributed by atoms with Crippen LogP contribution in [0, 0.1) is 11.6 Å². The van der Waals surface area contributed by atoms with Gasteiger partial charge in [-0.2, -0.15) is 0 Å². The molecule has 0 aliphatic rings. The molecule has 2 aromatic rings. The minimum absolute atomic E-state index is 0.0956. The lowest BCUT2D eigenvalue weighted by atomic mass is 10.2. The smallest absolute Gasteiger partial charge is 0.338 e. The topological polar surface area (TPSA) is 75.1 Å². The predicted molar refractivity (Wildman–Crippen MR) is 60.6 cm³/mol. The molecule has 0 fully saturated rings. The summed E-state index contributed by atoms with van der Waals surface area (Å²) >= 11 is 1.14. The van der Waals surface area contributed by atoms with Crippen molar-refractivity contribution in [1.82, 2.24) is 9.59 Å². The van der Waals surface area contributed by atoms with E-state index in [0.29, 0.717) is 11.8 Å². The van der Waals surface area contributed by atoms with Crippen molar-refractivity contribution in [3.8, 4) is 0 Å². The summed E-state index contributed by atoms with van der Waals surface area (Å²) in [5.74, 6) is -3.42. The van der Waals surface area contributed by atoms with Crippen LogP contribution in [0.15, 0.2) is 17.5 Å². The Balaban J connectivity index is 2.22. The predicted octanol–water partition coefficient (Wildman–Crippen LogP) is 2.13. The molecule has 1 aromatic heterocycles. The van der Waals surface area contributed by atoms with E-state index >= 15 is 0 Å². The van der Waals surface area contributed by atoms with Crippen LogP contribution in [0.3, 0.4) is 0 Å². The summed E-state index contributed by atoms with van der Waals surface area (Å²) < 4.78 is 30.1. The van der Waals surface area contributed by atoms with Crippen molar-refractivity contribution >= 4 is 23.2 Å². The molecule has 1 aromatic carbocycles. The number of aromatic carboxylic acids is 1. The number of hydrogen-bond acceptors (Lipinski definition) is 5. The van der Waals surface area contributed by atoms with E-state index < -0.39 is 23.2 Å². The van der Waals surface area contributed by atoms with Crippen LogP contribution < -0.4 is 5.32 Å². The third kappa shape index (κ3) is 2.59. The molecule has 2 rings (SSSR count). The molecule has 0 saturated heterocycles. The summed E-state index contributed by atoms with van der Waals surface area (Å²) in [5.41, 5.74) is -0.0993. The molecule has 8 heteroatoms. The lowest BCUT2D eigenvalue weighted by Crippen LogP contribution is -2.07. The first kappa shape index (κ1) is 12.4. The molecular weight excluding hydrogens is 264 g/mol. The van der Waals surface area contributed by atoms with Gasteiger partial charge in [0.1, 0.15) is 11.6 Å². The third-order valence-corrected chi connectivity index (χ3v) is 2.71. The van der Waals surface area contributed by atoms with Gasteiger partial charge in [-0.25, -0.2) is 13.6 Å². The Morgan fingerprint density at radius 2 is 2.17 bits per heavy atom. The molecule has 0 amide bonds. The monoisotopic (exact) mass is 271 g/mol. The first-order chi connectivity index (χ1) is 8.58. The normalized spacial score (nSPS) is 10.3. The molecule has 0 aliphatic heterocycles. The number of anilines is 1. The summed E-state index contributed by atoms with van der Waals surface area (Å²) in [7, 11) is 0. The SMILES string of the molecule is O=C(O)c1cc(NCc2csnn2)c(F)cc1F. The minimum Gasteiger partial charge on any atom is -0.478 e. The number of rotatable bonds is 4. The number of carboxylic acid groups (broad SMARTS) is 1. The van der Waals surface area contributed by atoms with Crippen LogP contribution in [0.5, 0.6) is 0 Å². The number of benzene rings is 1. The van der Waals surface area contributed by atoms with E-state index in [9.17, 15) is 13.6 Å². The second-order valence-corrected chi connectivity index (χ2v) is 3.98. The van der Waals surface area contributed by atoms with E-state index in [0.717, 1.165) is 17.6 Å². The van der Waals surface area contributed by atoms with Crippen molar-refractivity contribution in [3.05, 3.63) is 40.4 Å². The molecule has 0 spiro atoms. The van der Waals surface area contributed by atoms with E-state index in [1.807, 2.05) is 0 Å². The van der Waals surface area contributed by atoms with E-state index in [1.165, 1.54) is 0 Å². The standard InChI is InChI=1S/C10H7F2N3O2S/c11-7-2-8(12)9(1-6(7)10(16)17)13-3-5-4-18-15-14-5/h1-2,4,13H,3H2,(H,16,17). The molecule has 0 atom stereocenters. The third-order valence-electron chi connectivity index (χ3n) is 2.15. The first-order valence-electron chi connectivity index (χ1n) is 4.80. The van der Waals surface area contributed by atoms with Gasteiger partial charge in [0.15, 0.2) is 0 Å². The summed E-state index contributed by atoms with van der Waals surface area (Å²) in [5, 5.41) is 16.7. The highest BCUT2D eigenvalue weighted by Crippen LogP contribution is 2.20. The number of carboxylic acids is 1. The van der Waals surface area contributed by atoms with Crippen LogP contribution in [-0.2, 0) is 6.54 Å². The molecule has 18 heavy (non-hydrogen) atoms. The fraction of sp³-hybridized carbons (Fsp3) is 0.100. The molecule has 5 nitrogen and oxygen atoms in total. The molecule has 0 radical (unpaired) electrons. The van der Waals surface area contributed by atoms with Crippen LogP contribution in [0.4, 0.5) is 14.5 Å². The van der Waals surface area contributed by atoms with Gasteiger partial charge in [0, 0.05) is 11.4 Å². The Labute approximate surface area is 104 Å². The number of carbonyl (C=O) groups is 1. The summed E-state index contributed by atoms with van der Waals surface area (Å²) in [4.78, 5) is 10.7. The van der Waals surface area contributed by atoms with Gasteiger partial charge in [0.25, 0.3) is 0 Å². The Bertz CT molecular complexity index is 575. The number of aromatic nitrogens is 2. The van der Waals surface area contributed by atoms with Gasteiger partial charge in [0.2, 0.25) is 0 Å². The maximum atomic E-state index is 13.4. The second kappa shape index (κ2) is 5.05. The molecule has 0 unspecified atom stereocenters. The van der Waals surface area contributed by atoms with Gasteiger partial charge in [-0.05, 0) is 17.6 Å². The Kier molecular flexibility index (Phi) is 3.47. The highest BCUT2D eigenvalue weighted by atomic mass is 32.1. The van der Waals surface area contributed by atoms with Crippen LogP contribution >= 0.6 is 11.5 Å². The molecule has 0 aliphatic carbocycles.